The van der Waals surface area contributed by atoms with Crippen LogP contribution in [0.4, 0.5) is 0 Å². The van der Waals surface area contributed by atoms with Crippen molar-refractivity contribution in [3.8, 4) is 17.2 Å². The molecule has 0 aromatic heterocycles. The molecular weight excluding hydrogens is 1160 g/mol. The van der Waals surface area contributed by atoms with Crippen LogP contribution in [-0.2, 0) is 97.7 Å². The number of benzene rings is 9. The fourth-order valence-corrected chi connectivity index (χ4v) is 10.9. The number of rotatable bonds is 6. The van der Waals surface area contributed by atoms with Gasteiger partial charge in [0.05, 0.1) is 0 Å². The predicted octanol–water partition coefficient (Wildman–Crippen LogP) is 17.8. The van der Waals surface area contributed by atoms with Crippen LogP contribution >= 0.6 is 0 Å². The molecule has 1 aliphatic heterocycles. The van der Waals surface area contributed by atoms with E-state index >= 15 is 0 Å². The minimum Gasteiger partial charge on any atom is -0.653 e. The number of phenolic OH excluding ortho intramolecular Hbond substituents is 3. The molecule has 0 spiro atoms. The SMILES string of the molecule is Cc1cc2c(O)c(c1)C[N-][C@H](c1ccccc1)[C@@H](c1ccccc1)[N-]Cc1cc(C)cc(c1O)C[N-][C@H](c1ccccc1)[C@@H](c1ccccc1)[N-]Cc1cc(C)cc(c1O)C[N-][C@H](c1ccccc1)[C@@H](c1ccccc1)[N-]C2.[Zn+2].[Zn+2].[Zn+2]. The Morgan fingerprint density at radius 1 is 0.247 bits per heavy atom. The molecule has 6 atom stereocenters. The molecule has 10 rings (SSSR count). The maximum Gasteiger partial charge on any atom is 2.00 e. The van der Waals surface area contributed by atoms with Gasteiger partial charge in [0.15, 0.2) is 0 Å². The number of aryl methyl sites for hydroxylation is 3. The Balaban J connectivity index is 0.00000315. The molecule has 0 radical (unpaired) electrons. The third kappa shape index (κ3) is 15.8. The van der Waals surface area contributed by atoms with Gasteiger partial charge >= 0.3 is 58.4 Å². The first-order valence-corrected chi connectivity index (χ1v) is 26.9. The quantitative estimate of drug-likeness (QED) is 0.143. The zero-order valence-corrected chi connectivity index (χ0v) is 55.5. The first-order chi connectivity index (χ1) is 38.2. The Labute approximate surface area is 517 Å². The molecule has 1 heterocycles. The third-order valence-corrected chi connectivity index (χ3v) is 14.7. The molecular formula is C69H66N6O3Zn3. The monoisotopic (exact) mass is 1220 g/mol. The number of aromatic hydroxyl groups is 3. The second-order valence-corrected chi connectivity index (χ2v) is 20.5. The van der Waals surface area contributed by atoms with E-state index in [9.17, 15) is 15.3 Å². The molecule has 0 fully saturated rings. The summed E-state index contributed by atoms with van der Waals surface area (Å²) in [7, 11) is 0. The van der Waals surface area contributed by atoms with Crippen molar-refractivity contribution >= 4 is 0 Å². The van der Waals surface area contributed by atoms with E-state index in [-0.39, 0.29) is 115 Å². The van der Waals surface area contributed by atoms with E-state index in [2.05, 4.69) is 72.8 Å². The molecule has 9 aromatic rings. The summed E-state index contributed by atoms with van der Waals surface area (Å²) in [5.74, 6) is 0.458. The fraction of sp³-hybridized carbons (Fsp3) is 0.217. The average molecular weight is 1220 g/mol. The van der Waals surface area contributed by atoms with E-state index in [0.29, 0.717) is 33.4 Å². The molecule has 0 saturated carbocycles. The van der Waals surface area contributed by atoms with Gasteiger partial charge in [0, 0.05) is 0 Å². The van der Waals surface area contributed by atoms with Crippen LogP contribution in [0.15, 0.2) is 218 Å². The second-order valence-electron chi connectivity index (χ2n) is 20.5. The van der Waals surface area contributed by atoms with Crippen molar-refractivity contribution in [2.24, 2.45) is 0 Å². The second kappa shape index (κ2) is 30.4. The molecule has 396 valence electrons. The van der Waals surface area contributed by atoms with E-state index in [1.807, 2.05) is 166 Å². The Morgan fingerprint density at radius 3 is 0.519 bits per heavy atom. The fourth-order valence-electron chi connectivity index (χ4n) is 10.9. The number of hydrogen-bond acceptors (Lipinski definition) is 3. The minimum atomic E-state index is -0.449. The molecule has 1 aliphatic rings. The maximum absolute atomic E-state index is 12.3. The molecule has 3 N–H and O–H groups in total. The van der Waals surface area contributed by atoms with Crippen molar-refractivity contribution in [1.82, 2.24) is 0 Å². The molecule has 9 aromatic carbocycles. The number of nitrogens with zero attached hydrogens (tertiary/aromatic N) is 6. The van der Waals surface area contributed by atoms with Gasteiger partial charge in [-0.15, -0.1) is 75.5 Å². The van der Waals surface area contributed by atoms with Gasteiger partial charge in [-0.25, -0.2) is 0 Å². The van der Waals surface area contributed by atoms with Crippen molar-refractivity contribution < 1.29 is 73.8 Å². The Bertz CT molecular complexity index is 2800. The molecule has 12 heteroatoms. The van der Waals surface area contributed by atoms with Gasteiger partial charge < -0.3 is 47.2 Å². The zero-order valence-electron chi connectivity index (χ0n) is 46.6. The summed E-state index contributed by atoms with van der Waals surface area (Å²) in [6.45, 7) is 7.40. The number of fused-ring (bicyclic) bond motifs is 6. The third-order valence-electron chi connectivity index (χ3n) is 14.7. The smallest absolute Gasteiger partial charge is 0.653 e. The van der Waals surface area contributed by atoms with E-state index in [1.165, 1.54) is 0 Å². The van der Waals surface area contributed by atoms with Crippen molar-refractivity contribution in [2.75, 3.05) is 0 Å². The van der Waals surface area contributed by atoms with Gasteiger partial charge in [-0.1, -0.05) is 268 Å². The van der Waals surface area contributed by atoms with Gasteiger partial charge in [-0.2, -0.15) is 0 Å². The summed E-state index contributed by atoms with van der Waals surface area (Å²) in [5, 5.41) is 69.6. The van der Waals surface area contributed by atoms with Crippen molar-refractivity contribution in [1.29, 1.82) is 0 Å². The van der Waals surface area contributed by atoms with Crippen LogP contribution in [0.3, 0.4) is 0 Å². The standard InChI is InChI=1S/C69H66N6O3.3Zn/c1-46-34-55-40-70-61(49-22-10-4-11-23-49)63(51-26-14-6-15-27-51)72-42-57-36-47(2)38-59(68(57)77)44-74-65(53-30-18-8-19-31-53)66(54-32-20-9-21-33-54)75-45-60-39-48(3)37-58(69(60)78)43-73-64(52-28-16-7-17-29-52)62(50-24-12-5-13-25-50)71-41-56(35-46)67(55)76;;;/h4-39,61-66,76-78H,40-45H2,1-3H3;;;/q-6;3*+2/t61-,62-,63-,64-,65-,66-;;;/m1.../s1. The van der Waals surface area contributed by atoms with Crippen molar-refractivity contribution in [3.05, 3.63) is 334 Å². The van der Waals surface area contributed by atoms with Gasteiger partial charge in [0.25, 0.3) is 0 Å². The zero-order chi connectivity index (χ0) is 53.8. The van der Waals surface area contributed by atoms with Gasteiger partial charge in [0.1, 0.15) is 17.2 Å². The maximum atomic E-state index is 12.3. The van der Waals surface area contributed by atoms with Gasteiger partial charge in [-0.05, 0) is 54.2 Å². The van der Waals surface area contributed by atoms with Crippen LogP contribution in [0.1, 0.15) is 120 Å². The van der Waals surface area contributed by atoms with E-state index in [4.69, 9.17) is 31.9 Å². The van der Waals surface area contributed by atoms with Crippen LogP contribution in [0.25, 0.3) is 31.9 Å². The van der Waals surface area contributed by atoms with Crippen LogP contribution in [0, 0.1) is 20.8 Å². The number of phenols is 3. The topological polar surface area (TPSA) is 145 Å². The number of hydrogen-bond donors (Lipinski definition) is 3. The predicted molar refractivity (Wildman–Crippen MR) is 316 cm³/mol. The van der Waals surface area contributed by atoms with Crippen molar-refractivity contribution in [2.45, 2.75) is 96.3 Å². The van der Waals surface area contributed by atoms with Gasteiger partial charge in [0.2, 0.25) is 0 Å². The summed E-state index contributed by atoms with van der Waals surface area (Å²) < 4.78 is 0. The molecule has 6 bridgehead atoms. The van der Waals surface area contributed by atoms with Crippen LogP contribution in [-0.4, -0.2) is 15.3 Å². The summed E-state index contributed by atoms with van der Waals surface area (Å²) in [6.07, 6.45) is 0. The average Bonchev–Trinajstić information content (AvgIpc) is 3.47. The summed E-state index contributed by atoms with van der Waals surface area (Å²) in [6, 6.07) is 70.6. The summed E-state index contributed by atoms with van der Waals surface area (Å²) in [5.41, 5.74) is 13.0. The summed E-state index contributed by atoms with van der Waals surface area (Å²) in [4.78, 5) is 0. The van der Waals surface area contributed by atoms with Crippen LogP contribution in [0.5, 0.6) is 17.2 Å². The summed E-state index contributed by atoms with van der Waals surface area (Å²) >= 11 is 0. The molecule has 9 nitrogen and oxygen atoms in total. The van der Waals surface area contributed by atoms with Crippen LogP contribution in [0.2, 0.25) is 0 Å². The van der Waals surface area contributed by atoms with E-state index in [1.54, 1.807) is 0 Å². The first kappa shape index (κ1) is 62.6. The molecule has 0 saturated heterocycles. The first-order valence-electron chi connectivity index (χ1n) is 26.9. The van der Waals surface area contributed by atoms with Gasteiger partial charge in [-0.3, -0.25) is 0 Å². The largest absolute Gasteiger partial charge is 2.00 e. The van der Waals surface area contributed by atoms with Crippen LogP contribution < -0.4 is 0 Å². The normalized spacial score (nSPS) is 19.3. The Kier molecular flexibility index (Phi) is 23.5. The molecule has 0 unspecified atom stereocenters. The Morgan fingerprint density at radius 2 is 0.383 bits per heavy atom. The Hall–Kier alpha value is -5.99. The molecule has 81 heavy (non-hydrogen) atoms. The minimum absolute atomic E-state index is 0. The van der Waals surface area contributed by atoms with Crippen molar-refractivity contribution in [3.63, 3.8) is 0 Å². The van der Waals surface area contributed by atoms with E-state index < -0.39 is 36.3 Å². The molecule has 0 amide bonds. The van der Waals surface area contributed by atoms with E-state index in [0.717, 1.165) is 50.1 Å². The molecule has 0 aliphatic carbocycles.